The number of amides is 1. The van der Waals surface area contributed by atoms with Crippen LogP contribution in [0, 0.1) is 5.92 Å². The van der Waals surface area contributed by atoms with E-state index >= 15 is 0 Å². The quantitative estimate of drug-likeness (QED) is 0.782. The van der Waals surface area contributed by atoms with Crippen molar-refractivity contribution in [1.29, 1.82) is 0 Å². The third-order valence-electron chi connectivity index (χ3n) is 3.66. The van der Waals surface area contributed by atoms with Gasteiger partial charge in [-0.25, -0.2) is 0 Å². The average molecular weight is 280 g/mol. The van der Waals surface area contributed by atoms with Crippen LogP contribution in [0.3, 0.4) is 0 Å². The molecule has 2 heterocycles. The molecule has 2 unspecified atom stereocenters. The van der Waals surface area contributed by atoms with Gasteiger partial charge in [0.15, 0.2) is 0 Å². The van der Waals surface area contributed by atoms with Crippen LogP contribution in [-0.2, 0) is 29.5 Å². The van der Waals surface area contributed by atoms with Crippen LogP contribution in [0.4, 0.5) is 0 Å². The minimum absolute atomic E-state index is 0.0550. The largest absolute Gasteiger partial charge is 0.379 e. The van der Waals surface area contributed by atoms with E-state index in [2.05, 4.69) is 22.7 Å². The van der Waals surface area contributed by atoms with Gasteiger partial charge in [0.1, 0.15) is 0 Å². The third kappa shape index (κ3) is 3.37. The lowest BCUT2D eigenvalue weighted by molar-refractivity contribution is -0.125. The summed E-state index contributed by atoms with van der Waals surface area (Å²) >= 11 is 0. The van der Waals surface area contributed by atoms with Gasteiger partial charge < -0.3 is 15.4 Å². The van der Waals surface area contributed by atoms with Gasteiger partial charge in [0.2, 0.25) is 5.91 Å². The lowest BCUT2D eigenvalue weighted by Gasteiger charge is -2.17. The molecule has 6 nitrogen and oxygen atoms in total. The Morgan fingerprint density at radius 3 is 3.00 bits per heavy atom. The van der Waals surface area contributed by atoms with Gasteiger partial charge >= 0.3 is 0 Å². The number of nitrogens with one attached hydrogen (secondary N) is 2. The van der Waals surface area contributed by atoms with E-state index in [0.717, 1.165) is 24.2 Å². The van der Waals surface area contributed by atoms with E-state index in [0.29, 0.717) is 19.8 Å². The highest BCUT2D eigenvalue weighted by molar-refractivity contribution is 5.79. The van der Waals surface area contributed by atoms with Gasteiger partial charge in [0, 0.05) is 31.4 Å². The maximum absolute atomic E-state index is 12.3. The highest BCUT2D eigenvalue weighted by Crippen LogP contribution is 2.14. The number of likely N-dealkylation sites (N-methyl/N-ethyl adjacent to an activating group) is 1. The maximum atomic E-state index is 12.3. The van der Waals surface area contributed by atoms with Gasteiger partial charge in [0.25, 0.3) is 0 Å². The molecule has 0 aromatic carbocycles. The van der Waals surface area contributed by atoms with Crippen LogP contribution in [0.5, 0.6) is 0 Å². The molecule has 112 valence electrons. The summed E-state index contributed by atoms with van der Waals surface area (Å²) in [6.45, 7) is 6.60. The van der Waals surface area contributed by atoms with Crippen LogP contribution in [0.2, 0.25) is 0 Å². The Morgan fingerprint density at radius 2 is 2.30 bits per heavy atom. The van der Waals surface area contributed by atoms with Gasteiger partial charge in [-0.3, -0.25) is 9.48 Å². The van der Waals surface area contributed by atoms with Crippen LogP contribution < -0.4 is 10.6 Å². The lowest BCUT2D eigenvalue weighted by Crippen LogP contribution is -2.43. The minimum Gasteiger partial charge on any atom is -0.379 e. The molecule has 2 rings (SSSR count). The fourth-order valence-electron chi connectivity index (χ4n) is 2.62. The Bertz CT molecular complexity index is 458. The second-order valence-electron chi connectivity index (χ2n) is 5.15. The minimum atomic E-state index is -0.100. The second kappa shape index (κ2) is 6.85. The Hall–Kier alpha value is -1.40. The molecule has 1 aromatic rings. The van der Waals surface area contributed by atoms with E-state index < -0.39 is 0 Å². The first-order valence-corrected chi connectivity index (χ1v) is 7.25. The molecule has 0 aliphatic carbocycles. The summed E-state index contributed by atoms with van der Waals surface area (Å²) in [6.07, 6.45) is 2.84. The monoisotopic (exact) mass is 280 g/mol. The molecular formula is C14H24N4O2. The fourth-order valence-corrected chi connectivity index (χ4v) is 2.62. The Morgan fingerprint density at radius 1 is 1.50 bits per heavy atom. The SMILES string of the molecule is CCNC1COCC1C(=O)NCc1cn(C)nc1CC. The Kier molecular flexibility index (Phi) is 5.14. The maximum Gasteiger partial charge on any atom is 0.227 e. The van der Waals surface area contributed by atoms with Crippen LogP contribution >= 0.6 is 0 Å². The van der Waals surface area contributed by atoms with E-state index in [9.17, 15) is 4.79 Å². The molecule has 1 aliphatic rings. The van der Waals surface area contributed by atoms with Crippen molar-refractivity contribution in [3.8, 4) is 0 Å². The van der Waals surface area contributed by atoms with Crippen molar-refractivity contribution in [2.24, 2.45) is 13.0 Å². The first kappa shape index (κ1) is 15.0. The Labute approximate surface area is 119 Å². The molecule has 20 heavy (non-hydrogen) atoms. The van der Waals surface area contributed by atoms with Gasteiger partial charge in [-0.2, -0.15) is 5.10 Å². The molecule has 6 heteroatoms. The predicted octanol–water partition coefficient (Wildman–Crippen LogP) is 0.223. The summed E-state index contributed by atoms with van der Waals surface area (Å²) in [5, 5.41) is 10.7. The van der Waals surface area contributed by atoms with E-state index in [-0.39, 0.29) is 17.9 Å². The highest BCUT2D eigenvalue weighted by atomic mass is 16.5. The van der Waals surface area contributed by atoms with Crippen LogP contribution in [0.15, 0.2) is 6.20 Å². The molecule has 1 aliphatic heterocycles. The third-order valence-corrected chi connectivity index (χ3v) is 3.66. The summed E-state index contributed by atoms with van der Waals surface area (Å²) < 4.78 is 7.20. The highest BCUT2D eigenvalue weighted by Gasteiger charge is 2.33. The summed E-state index contributed by atoms with van der Waals surface area (Å²) in [4.78, 5) is 12.3. The predicted molar refractivity (Wildman–Crippen MR) is 76.2 cm³/mol. The zero-order chi connectivity index (χ0) is 14.5. The van der Waals surface area contributed by atoms with Crippen molar-refractivity contribution in [2.45, 2.75) is 32.9 Å². The van der Waals surface area contributed by atoms with Crippen molar-refractivity contribution in [2.75, 3.05) is 19.8 Å². The zero-order valence-corrected chi connectivity index (χ0v) is 12.5. The summed E-state index contributed by atoms with van der Waals surface area (Å²) in [6, 6.07) is 0.125. The first-order chi connectivity index (χ1) is 9.65. The van der Waals surface area contributed by atoms with Crippen molar-refractivity contribution >= 4 is 5.91 Å². The molecule has 2 atom stereocenters. The second-order valence-corrected chi connectivity index (χ2v) is 5.15. The van der Waals surface area contributed by atoms with Gasteiger partial charge in [0.05, 0.1) is 24.8 Å². The molecular weight excluding hydrogens is 256 g/mol. The van der Waals surface area contributed by atoms with E-state index in [1.54, 1.807) is 4.68 Å². The number of hydrogen-bond acceptors (Lipinski definition) is 4. The van der Waals surface area contributed by atoms with Crippen LogP contribution in [-0.4, -0.2) is 41.5 Å². The molecule has 0 radical (unpaired) electrons. The van der Waals surface area contributed by atoms with Gasteiger partial charge in [-0.05, 0) is 13.0 Å². The average Bonchev–Trinajstić information content (AvgIpc) is 3.02. The number of rotatable bonds is 6. The molecule has 1 fully saturated rings. The van der Waals surface area contributed by atoms with Gasteiger partial charge in [-0.15, -0.1) is 0 Å². The van der Waals surface area contributed by atoms with Crippen LogP contribution in [0.1, 0.15) is 25.1 Å². The number of aryl methyl sites for hydroxylation is 2. The number of hydrogen-bond donors (Lipinski definition) is 2. The van der Waals surface area contributed by atoms with E-state index in [1.807, 2.05) is 20.2 Å². The van der Waals surface area contributed by atoms with E-state index in [1.165, 1.54) is 0 Å². The van der Waals surface area contributed by atoms with Crippen molar-refractivity contribution in [3.05, 3.63) is 17.5 Å². The zero-order valence-electron chi connectivity index (χ0n) is 12.5. The van der Waals surface area contributed by atoms with Gasteiger partial charge in [-0.1, -0.05) is 13.8 Å². The Balaban J connectivity index is 1.91. The molecule has 1 aromatic heterocycles. The molecule has 1 saturated heterocycles. The summed E-state index contributed by atoms with van der Waals surface area (Å²) in [5.41, 5.74) is 2.13. The summed E-state index contributed by atoms with van der Waals surface area (Å²) in [5.74, 6) is -0.0453. The smallest absolute Gasteiger partial charge is 0.227 e. The van der Waals surface area contributed by atoms with Crippen molar-refractivity contribution < 1.29 is 9.53 Å². The molecule has 1 amide bonds. The first-order valence-electron chi connectivity index (χ1n) is 7.25. The van der Waals surface area contributed by atoms with E-state index in [4.69, 9.17) is 4.74 Å². The topological polar surface area (TPSA) is 68.2 Å². The van der Waals surface area contributed by atoms with Crippen LogP contribution in [0.25, 0.3) is 0 Å². The number of aromatic nitrogens is 2. The molecule has 0 bridgehead atoms. The number of nitrogens with zero attached hydrogens (tertiary/aromatic N) is 2. The normalized spacial score (nSPS) is 22.1. The number of carbonyl (C=O) groups excluding carboxylic acids is 1. The number of ether oxygens (including phenoxy) is 1. The van der Waals surface area contributed by atoms with Crippen molar-refractivity contribution in [3.63, 3.8) is 0 Å². The number of carbonyl (C=O) groups is 1. The fraction of sp³-hybridized carbons (Fsp3) is 0.714. The standard InChI is InChI=1S/C14H24N4O2/c1-4-12-10(7-18(3)17-12)6-16-14(19)11-8-20-9-13(11)15-5-2/h7,11,13,15H,4-6,8-9H2,1-3H3,(H,16,19). The molecule has 0 saturated carbocycles. The summed E-state index contributed by atoms with van der Waals surface area (Å²) in [7, 11) is 1.90. The molecule has 0 spiro atoms. The lowest BCUT2D eigenvalue weighted by atomic mass is 10.0. The van der Waals surface area contributed by atoms with Crippen molar-refractivity contribution in [1.82, 2.24) is 20.4 Å². The molecule has 2 N–H and O–H groups in total.